The number of unbranched alkanes of at least 4 members (excludes halogenated alkanes) is 2. The van der Waals surface area contributed by atoms with Gasteiger partial charge < -0.3 is 10.1 Å². The first-order valence-corrected chi connectivity index (χ1v) is 7.12. The summed E-state index contributed by atoms with van der Waals surface area (Å²) >= 11 is 0. The van der Waals surface area contributed by atoms with Crippen LogP contribution in [0, 0.1) is 0 Å². The van der Waals surface area contributed by atoms with E-state index < -0.39 is 0 Å². The van der Waals surface area contributed by atoms with Gasteiger partial charge in [0.25, 0.3) is 0 Å². The molecule has 1 N–H and O–H groups in total. The maximum Gasteiger partial charge on any atom is 0.118 e. The molecule has 1 unspecified atom stereocenters. The second kappa shape index (κ2) is 8.98. The summed E-state index contributed by atoms with van der Waals surface area (Å²) < 4.78 is 5.15. The van der Waals surface area contributed by atoms with Gasteiger partial charge in [-0.1, -0.05) is 38.3 Å². The SMILES string of the molecule is CCCCCC(C)NCCc1ccc(OC)cc1. The van der Waals surface area contributed by atoms with Gasteiger partial charge in [-0.3, -0.25) is 0 Å². The van der Waals surface area contributed by atoms with Crippen LogP contribution in [-0.2, 0) is 6.42 Å². The van der Waals surface area contributed by atoms with E-state index in [-0.39, 0.29) is 0 Å². The fourth-order valence-corrected chi connectivity index (χ4v) is 2.06. The van der Waals surface area contributed by atoms with Crippen molar-refractivity contribution < 1.29 is 4.74 Å². The largest absolute Gasteiger partial charge is 0.497 e. The molecule has 1 atom stereocenters. The number of benzene rings is 1. The molecule has 1 aromatic rings. The van der Waals surface area contributed by atoms with E-state index in [0.29, 0.717) is 6.04 Å². The molecule has 0 radical (unpaired) electrons. The van der Waals surface area contributed by atoms with Crippen molar-refractivity contribution in [3.8, 4) is 5.75 Å². The van der Waals surface area contributed by atoms with E-state index in [1.807, 2.05) is 12.1 Å². The van der Waals surface area contributed by atoms with E-state index in [0.717, 1.165) is 18.7 Å². The first-order valence-electron chi connectivity index (χ1n) is 7.12. The lowest BCUT2D eigenvalue weighted by molar-refractivity contribution is 0.414. The standard InChI is InChI=1S/C16H27NO/c1-4-5-6-7-14(2)17-13-12-15-8-10-16(18-3)11-9-15/h8-11,14,17H,4-7,12-13H2,1-3H3. The summed E-state index contributed by atoms with van der Waals surface area (Å²) in [5, 5.41) is 3.59. The fraction of sp³-hybridized carbons (Fsp3) is 0.625. The molecule has 2 heteroatoms. The number of hydrogen-bond acceptors (Lipinski definition) is 2. The van der Waals surface area contributed by atoms with Crippen LogP contribution < -0.4 is 10.1 Å². The average Bonchev–Trinajstić information content (AvgIpc) is 2.40. The van der Waals surface area contributed by atoms with Gasteiger partial charge in [0.05, 0.1) is 7.11 Å². The summed E-state index contributed by atoms with van der Waals surface area (Å²) in [5.74, 6) is 0.930. The molecule has 0 heterocycles. The number of nitrogens with one attached hydrogen (secondary N) is 1. The zero-order valence-electron chi connectivity index (χ0n) is 12.0. The molecular formula is C16H27NO. The Morgan fingerprint density at radius 3 is 2.50 bits per heavy atom. The van der Waals surface area contributed by atoms with E-state index in [4.69, 9.17) is 4.74 Å². The van der Waals surface area contributed by atoms with E-state index in [9.17, 15) is 0 Å². The third-order valence-corrected chi connectivity index (χ3v) is 3.31. The van der Waals surface area contributed by atoms with E-state index >= 15 is 0 Å². The zero-order chi connectivity index (χ0) is 13.2. The van der Waals surface area contributed by atoms with Gasteiger partial charge in [-0.15, -0.1) is 0 Å². The quantitative estimate of drug-likeness (QED) is 0.672. The van der Waals surface area contributed by atoms with Crippen LogP contribution in [0.1, 0.15) is 45.1 Å². The van der Waals surface area contributed by atoms with Crippen molar-refractivity contribution in [3.63, 3.8) is 0 Å². The topological polar surface area (TPSA) is 21.3 Å². The van der Waals surface area contributed by atoms with Crippen molar-refractivity contribution in [1.82, 2.24) is 5.32 Å². The van der Waals surface area contributed by atoms with E-state index in [1.165, 1.54) is 31.2 Å². The van der Waals surface area contributed by atoms with Crippen molar-refractivity contribution in [1.29, 1.82) is 0 Å². The Kier molecular flexibility index (Phi) is 7.51. The van der Waals surface area contributed by atoms with Gasteiger partial charge in [0, 0.05) is 6.04 Å². The fourth-order valence-electron chi connectivity index (χ4n) is 2.06. The third kappa shape index (κ3) is 6.06. The zero-order valence-corrected chi connectivity index (χ0v) is 12.0. The second-order valence-electron chi connectivity index (χ2n) is 4.95. The van der Waals surface area contributed by atoms with Gasteiger partial charge in [0.1, 0.15) is 5.75 Å². The highest BCUT2D eigenvalue weighted by molar-refractivity contribution is 5.27. The Morgan fingerprint density at radius 1 is 1.17 bits per heavy atom. The molecule has 0 aliphatic rings. The van der Waals surface area contributed by atoms with Crippen molar-refractivity contribution in [3.05, 3.63) is 29.8 Å². The first-order chi connectivity index (χ1) is 8.76. The lowest BCUT2D eigenvalue weighted by Gasteiger charge is -2.13. The lowest BCUT2D eigenvalue weighted by atomic mass is 10.1. The van der Waals surface area contributed by atoms with Gasteiger partial charge in [0.2, 0.25) is 0 Å². The van der Waals surface area contributed by atoms with Crippen LogP contribution in [0.25, 0.3) is 0 Å². The van der Waals surface area contributed by atoms with Gasteiger partial charge in [-0.05, 0) is 44.0 Å². The summed E-state index contributed by atoms with van der Waals surface area (Å²) in [7, 11) is 1.70. The molecular weight excluding hydrogens is 222 g/mol. The summed E-state index contributed by atoms with van der Waals surface area (Å²) in [6.07, 6.45) is 6.37. The van der Waals surface area contributed by atoms with Crippen LogP contribution in [-0.4, -0.2) is 19.7 Å². The van der Waals surface area contributed by atoms with Gasteiger partial charge >= 0.3 is 0 Å². The Bertz CT molecular complexity index is 307. The van der Waals surface area contributed by atoms with Gasteiger partial charge in [-0.2, -0.15) is 0 Å². The summed E-state index contributed by atoms with van der Waals surface area (Å²) in [4.78, 5) is 0. The molecule has 0 saturated heterocycles. The third-order valence-electron chi connectivity index (χ3n) is 3.31. The Balaban J connectivity index is 2.16. The summed E-state index contributed by atoms with van der Waals surface area (Å²) in [6.45, 7) is 5.59. The minimum absolute atomic E-state index is 0.634. The molecule has 0 saturated carbocycles. The van der Waals surface area contributed by atoms with Crippen LogP contribution in [0.3, 0.4) is 0 Å². The molecule has 102 valence electrons. The smallest absolute Gasteiger partial charge is 0.118 e. The molecule has 0 aromatic heterocycles. The van der Waals surface area contributed by atoms with Crippen LogP contribution in [0.4, 0.5) is 0 Å². The highest BCUT2D eigenvalue weighted by Crippen LogP contribution is 2.11. The highest BCUT2D eigenvalue weighted by Gasteiger charge is 2.01. The van der Waals surface area contributed by atoms with Crippen LogP contribution in [0.2, 0.25) is 0 Å². The molecule has 0 amide bonds. The normalized spacial score (nSPS) is 12.4. The molecule has 1 aromatic carbocycles. The summed E-state index contributed by atoms with van der Waals surface area (Å²) in [6, 6.07) is 8.97. The van der Waals surface area contributed by atoms with Crippen molar-refractivity contribution in [2.24, 2.45) is 0 Å². The minimum atomic E-state index is 0.634. The van der Waals surface area contributed by atoms with E-state index in [1.54, 1.807) is 7.11 Å². The molecule has 18 heavy (non-hydrogen) atoms. The Morgan fingerprint density at radius 2 is 1.89 bits per heavy atom. The molecule has 1 rings (SSSR count). The maximum atomic E-state index is 5.15. The maximum absolute atomic E-state index is 5.15. The number of ether oxygens (including phenoxy) is 1. The van der Waals surface area contributed by atoms with Gasteiger partial charge in [0.15, 0.2) is 0 Å². The monoisotopic (exact) mass is 249 g/mol. The van der Waals surface area contributed by atoms with Crippen molar-refractivity contribution in [2.45, 2.75) is 52.0 Å². The molecule has 0 fully saturated rings. The predicted octanol–water partition coefficient (Wildman–Crippen LogP) is 3.80. The van der Waals surface area contributed by atoms with Crippen LogP contribution >= 0.6 is 0 Å². The first kappa shape index (κ1) is 15.0. The van der Waals surface area contributed by atoms with E-state index in [2.05, 4.69) is 31.3 Å². The van der Waals surface area contributed by atoms with Crippen molar-refractivity contribution in [2.75, 3.05) is 13.7 Å². The van der Waals surface area contributed by atoms with Crippen LogP contribution in [0.5, 0.6) is 5.75 Å². The molecule has 0 aliphatic carbocycles. The number of hydrogen-bond donors (Lipinski definition) is 1. The predicted molar refractivity (Wildman–Crippen MR) is 78.3 cm³/mol. The van der Waals surface area contributed by atoms with Crippen LogP contribution in [0.15, 0.2) is 24.3 Å². The van der Waals surface area contributed by atoms with Crippen molar-refractivity contribution >= 4 is 0 Å². The number of methoxy groups -OCH3 is 1. The Labute approximate surface area is 112 Å². The second-order valence-corrected chi connectivity index (χ2v) is 4.95. The highest BCUT2D eigenvalue weighted by atomic mass is 16.5. The van der Waals surface area contributed by atoms with Gasteiger partial charge in [-0.25, -0.2) is 0 Å². The number of rotatable bonds is 9. The molecule has 2 nitrogen and oxygen atoms in total. The molecule has 0 bridgehead atoms. The lowest BCUT2D eigenvalue weighted by Crippen LogP contribution is -2.27. The average molecular weight is 249 g/mol. The molecule has 0 aliphatic heterocycles. The Hall–Kier alpha value is -1.02. The minimum Gasteiger partial charge on any atom is -0.497 e. The molecule has 0 spiro atoms. The summed E-state index contributed by atoms with van der Waals surface area (Å²) in [5.41, 5.74) is 1.36.